The second kappa shape index (κ2) is 5.81. The molecule has 5 heteroatoms. The standard InChI is InChI=1S/C18H20N2O3/c21-10-13-11-5-6-12(9-11)18(13)20-16(22)7-8-17-19-14-3-1-2-4-15(14)23-17/h1-4,7-8,11-13,18,21H,5-6,9-10H2,(H,20,22)/b8-7+. The number of aliphatic hydroxyl groups excluding tert-OH is 1. The van der Waals surface area contributed by atoms with E-state index in [4.69, 9.17) is 4.42 Å². The average Bonchev–Trinajstić information content (AvgIpc) is 3.26. The molecule has 1 aromatic heterocycles. The molecule has 1 heterocycles. The highest BCUT2D eigenvalue weighted by Gasteiger charge is 2.47. The second-order valence-corrected chi connectivity index (χ2v) is 6.57. The van der Waals surface area contributed by atoms with Gasteiger partial charge in [-0.2, -0.15) is 0 Å². The normalized spacial score (nSPS) is 29.6. The van der Waals surface area contributed by atoms with Crippen molar-refractivity contribution in [3.63, 3.8) is 0 Å². The van der Waals surface area contributed by atoms with Gasteiger partial charge in [0, 0.05) is 30.7 Å². The van der Waals surface area contributed by atoms with Crippen LogP contribution in [0.1, 0.15) is 25.2 Å². The lowest BCUT2D eigenvalue weighted by Crippen LogP contribution is -2.44. The zero-order chi connectivity index (χ0) is 15.8. The lowest BCUT2D eigenvalue weighted by atomic mass is 9.85. The number of fused-ring (bicyclic) bond motifs is 3. The molecule has 2 aliphatic carbocycles. The molecule has 4 rings (SSSR count). The van der Waals surface area contributed by atoms with E-state index in [2.05, 4.69) is 10.3 Å². The average molecular weight is 312 g/mol. The van der Waals surface area contributed by atoms with Gasteiger partial charge in [0.25, 0.3) is 0 Å². The van der Waals surface area contributed by atoms with Crippen molar-refractivity contribution in [2.75, 3.05) is 6.61 Å². The molecule has 2 aromatic rings. The number of aliphatic hydroxyl groups is 1. The number of aromatic nitrogens is 1. The molecule has 4 atom stereocenters. The Kier molecular flexibility index (Phi) is 3.65. The van der Waals surface area contributed by atoms with E-state index in [1.807, 2.05) is 24.3 Å². The summed E-state index contributed by atoms with van der Waals surface area (Å²) in [4.78, 5) is 16.5. The Morgan fingerprint density at radius 3 is 3.00 bits per heavy atom. The summed E-state index contributed by atoms with van der Waals surface area (Å²) in [5.41, 5.74) is 1.49. The quantitative estimate of drug-likeness (QED) is 0.850. The number of rotatable bonds is 4. The lowest BCUT2D eigenvalue weighted by Gasteiger charge is -2.30. The van der Waals surface area contributed by atoms with Crippen LogP contribution in [-0.4, -0.2) is 28.6 Å². The molecule has 23 heavy (non-hydrogen) atoms. The van der Waals surface area contributed by atoms with Crippen LogP contribution in [0.3, 0.4) is 0 Å². The molecule has 2 saturated carbocycles. The Balaban J connectivity index is 1.43. The molecule has 1 amide bonds. The minimum absolute atomic E-state index is 0.0968. The summed E-state index contributed by atoms with van der Waals surface area (Å²) in [5.74, 6) is 1.56. The summed E-state index contributed by atoms with van der Waals surface area (Å²) in [6.45, 7) is 0.154. The Bertz CT molecular complexity index is 719. The van der Waals surface area contributed by atoms with Crippen LogP contribution in [0.2, 0.25) is 0 Å². The summed E-state index contributed by atoms with van der Waals surface area (Å²) in [7, 11) is 0. The van der Waals surface area contributed by atoms with Crippen molar-refractivity contribution in [3.05, 3.63) is 36.2 Å². The molecule has 4 unspecified atom stereocenters. The van der Waals surface area contributed by atoms with Gasteiger partial charge in [-0.05, 0) is 43.2 Å². The van der Waals surface area contributed by atoms with E-state index in [9.17, 15) is 9.90 Å². The van der Waals surface area contributed by atoms with Crippen molar-refractivity contribution in [3.8, 4) is 0 Å². The first kappa shape index (κ1) is 14.5. The van der Waals surface area contributed by atoms with Crippen LogP contribution in [0.5, 0.6) is 0 Å². The highest BCUT2D eigenvalue weighted by Crippen LogP contribution is 2.48. The maximum absolute atomic E-state index is 12.2. The zero-order valence-electron chi connectivity index (χ0n) is 12.8. The smallest absolute Gasteiger partial charge is 0.244 e. The molecule has 2 N–H and O–H groups in total. The maximum atomic E-state index is 12.2. The number of hydrogen-bond donors (Lipinski definition) is 2. The molecule has 0 aliphatic heterocycles. The van der Waals surface area contributed by atoms with Crippen LogP contribution in [-0.2, 0) is 4.79 Å². The third-order valence-electron chi connectivity index (χ3n) is 5.30. The van der Waals surface area contributed by atoms with Gasteiger partial charge in [0.2, 0.25) is 11.8 Å². The number of hydrogen-bond acceptors (Lipinski definition) is 4. The van der Waals surface area contributed by atoms with Crippen LogP contribution in [0.4, 0.5) is 0 Å². The lowest BCUT2D eigenvalue weighted by molar-refractivity contribution is -0.118. The molecule has 2 fully saturated rings. The van der Waals surface area contributed by atoms with Crippen molar-refractivity contribution >= 4 is 23.1 Å². The number of nitrogens with one attached hydrogen (secondary N) is 1. The molecule has 1 aromatic carbocycles. The van der Waals surface area contributed by atoms with E-state index in [0.29, 0.717) is 23.3 Å². The largest absolute Gasteiger partial charge is 0.437 e. The van der Waals surface area contributed by atoms with Gasteiger partial charge in [-0.1, -0.05) is 12.1 Å². The number of benzene rings is 1. The van der Waals surface area contributed by atoms with Crippen molar-refractivity contribution < 1.29 is 14.3 Å². The first-order valence-electron chi connectivity index (χ1n) is 8.19. The molecule has 0 radical (unpaired) electrons. The highest BCUT2D eigenvalue weighted by molar-refractivity contribution is 5.91. The number of carbonyl (C=O) groups excluding carboxylic acids is 1. The van der Waals surface area contributed by atoms with Crippen molar-refractivity contribution in [2.45, 2.75) is 25.3 Å². The van der Waals surface area contributed by atoms with E-state index in [1.165, 1.54) is 12.5 Å². The van der Waals surface area contributed by atoms with Gasteiger partial charge in [-0.15, -0.1) is 0 Å². The summed E-state index contributed by atoms with van der Waals surface area (Å²) in [6.07, 6.45) is 6.52. The summed E-state index contributed by atoms with van der Waals surface area (Å²) >= 11 is 0. The summed E-state index contributed by atoms with van der Waals surface area (Å²) in [6, 6.07) is 7.60. The molecule has 2 aliphatic rings. The second-order valence-electron chi connectivity index (χ2n) is 6.57. The Morgan fingerprint density at radius 2 is 2.17 bits per heavy atom. The van der Waals surface area contributed by atoms with E-state index < -0.39 is 0 Å². The predicted octanol–water partition coefficient (Wildman–Crippen LogP) is 2.36. The summed E-state index contributed by atoms with van der Waals surface area (Å²) < 4.78 is 5.56. The van der Waals surface area contributed by atoms with Crippen LogP contribution < -0.4 is 5.32 Å². The number of para-hydroxylation sites is 2. The van der Waals surface area contributed by atoms with Crippen molar-refractivity contribution in [1.29, 1.82) is 0 Å². The molecule has 5 nitrogen and oxygen atoms in total. The van der Waals surface area contributed by atoms with Crippen LogP contribution >= 0.6 is 0 Å². The van der Waals surface area contributed by atoms with Crippen molar-refractivity contribution in [1.82, 2.24) is 10.3 Å². The van der Waals surface area contributed by atoms with Gasteiger partial charge in [0.05, 0.1) is 0 Å². The molecule has 2 bridgehead atoms. The van der Waals surface area contributed by atoms with Gasteiger partial charge in [0.1, 0.15) is 5.52 Å². The van der Waals surface area contributed by atoms with Crippen LogP contribution in [0, 0.1) is 17.8 Å². The van der Waals surface area contributed by atoms with Gasteiger partial charge < -0.3 is 14.8 Å². The van der Waals surface area contributed by atoms with Gasteiger partial charge in [-0.3, -0.25) is 4.79 Å². The van der Waals surface area contributed by atoms with E-state index in [1.54, 1.807) is 6.08 Å². The van der Waals surface area contributed by atoms with Crippen LogP contribution in [0.25, 0.3) is 17.2 Å². The first-order valence-corrected chi connectivity index (χ1v) is 8.19. The molecular formula is C18H20N2O3. The number of carbonyl (C=O) groups is 1. The minimum atomic E-state index is -0.150. The fourth-order valence-corrected chi connectivity index (χ4v) is 4.22. The minimum Gasteiger partial charge on any atom is -0.437 e. The fraction of sp³-hybridized carbons (Fsp3) is 0.444. The molecule has 0 saturated heterocycles. The van der Waals surface area contributed by atoms with Gasteiger partial charge in [0.15, 0.2) is 5.58 Å². The van der Waals surface area contributed by atoms with E-state index in [0.717, 1.165) is 18.4 Å². The Morgan fingerprint density at radius 1 is 1.35 bits per heavy atom. The summed E-state index contributed by atoms with van der Waals surface area (Å²) in [5, 5.41) is 12.6. The molecule has 0 spiro atoms. The van der Waals surface area contributed by atoms with Crippen molar-refractivity contribution in [2.24, 2.45) is 17.8 Å². The monoisotopic (exact) mass is 312 g/mol. The first-order chi connectivity index (χ1) is 11.2. The van der Waals surface area contributed by atoms with E-state index in [-0.39, 0.29) is 24.5 Å². The molecule has 120 valence electrons. The molecular weight excluding hydrogens is 292 g/mol. The third-order valence-corrected chi connectivity index (χ3v) is 5.30. The maximum Gasteiger partial charge on any atom is 0.244 e. The van der Waals surface area contributed by atoms with Gasteiger partial charge in [-0.25, -0.2) is 4.98 Å². The Labute approximate surface area is 134 Å². The van der Waals surface area contributed by atoms with Gasteiger partial charge >= 0.3 is 0 Å². The van der Waals surface area contributed by atoms with E-state index >= 15 is 0 Å². The highest BCUT2D eigenvalue weighted by atomic mass is 16.3. The number of amides is 1. The SMILES string of the molecule is O=C(/C=C/c1nc2ccccc2o1)NC1C2CCC(C2)C1CO. The topological polar surface area (TPSA) is 75.4 Å². The Hall–Kier alpha value is -2.14. The number of oxazole rings is 1. The number of nitrogens with zero attached hydrogens (tertiary/aromatic N) is 1. The predicted molar refractivity (Wildman–Crippen MR) is 86.4 cm³/mol. The zero-order valence-corrected chi connectivity index (χ0v) is 12.8. The third kappa shape index (κ3) is 2.65. The fourth-order valence-electron chi connectivity index (χ4n) is 4.22. The van der Waals surface area contributed by atoms with Crippen LogP contribution in [0.15, 0.2) is 34.8 Å².